The van der Waals surface area contributed by atoms with E-state index in [9.17, 15) is 4.79 Å². The van der Waals surface area contributed by atoms with E-state index in [0.717, 1.165) is 57.7 Å². The van der Waals surface area contributed by atoms with Crippen LogP contribution in [0.2, 0.25) is 0 Å². The van der Waals surface area contributed by atoms with Crippen molar-refractivity contribution in [1.29, 1.82) is 0 Å². The van der Waals surface area contributed by atoms with E-state index in [-0.39, 0.29) is 17.9 Å². The molecule has 4 heteroatoms. The van der Waals surface area contributed by atoms with Crippen molar-refractivity contribution in [3.05, 3.63) is 0 Å². The van der Waals surface area contributed by atoms with Gasteiger partial charge in [-0.3, -0.25) is 4.79 Å². The number of carbonyl (C=O) groups is 1. The van der Waals surface area contributed by atoms with E-state index in [1.54, 1.807) is 0 Å². The molecule has 3 nitrogen and oxygen atoms in total. The molecule has 0 radical (unpaired) electrons. The van der Waals surface area contributed by atoms with E-state index >= 15 is 0 Å². The average molecular weight is 303 g/mol. The molecular weight excluding hydrogens is 272 g/mol. The molecule has 1 atom stereocenters. The van der Waals surface area contributed by atoms with Crippen LogP contribution in [-0.4, -0.2) is 36.0 Å². The van der Waals surface area contributed by atoms with Gasteiger partial charge in [0.2, 0.25) is 5.91 Å². The molecule has 1 amide bonds. The molecule has 0 aromatic carbocycles. The maximum Gasteiger partial charge on any atom is 0.242 e. The lowest BCUT2D eigenvalue weighted by atomic mass is 9.75. The molecule has 2 aliphatic heterocycles. The van der Waals surface area contributed by atoms with Crippen molar-refractivity contribution in [2.45, 2.75) is 65.3 Å². The summed E-state index contributed by atoms with van der Waals surface area (Å²) in [7, 11) is 0. The van der Waals surface area contributed by atoms with Crippen LogP contribution in [0.15, 0.2) is 0 Å². The van der Waals surface area contributed by atoms with Gasteiger partial charge in [0.05, 0.1) is 5.54 Å². The third kappa shape index (κ3) is 3.48. The average Bonchev–Trinajstić information content (AvgIpc) is 2.87. The molecule has 0 spiro atoms. The fraction of sp³-hybridized carbons (Fsp3) is 0.938. The zero-order valence-corrected chi connectivity index (χ0v) is 14.3. The Hall–Kier alpha value is -0.280. The number of piperidine rings is 1. The van der Waals surface area contributed by atoms with E-state index in [4.69, 9.17) is 0 Å². The van der Waals surface area contributed by atoms with Crippen molar-refractivity contribution in [3.8, 4) is 0 Å². The van der Waals surface area contributed by atoms with Gasteiger partial charge in [-0.15, -0.1) is 12.4 Å². The van der Waals surface area contributed by atoms with Crippen LogP contribution < -0.4 is 5.32 Å². The third-order valence-corrected chi connectivity index (χ3v) is 5.26. The SMILES string of the molecule is CCC1(C(=O)N2CCC(C(C)(C)C)CC2)CCCN1.Cl. The second kappa shape index (κ2) is 6.65. The third-order valence-electron chi connectivity index (χ3n) is 5.26. The molecule has 2 aliphatic rings. The summed E-state index contributed by atoms with van der Waals surface area (Å²) in [5.41, 5.74) is 0.137. The first kappa shape index (κ1) is 17.8. The number of likely N-dealkylation sites (tertiary alicyclic amines) is 1. The summed E-state index contributed by atoms with van der Waals surface area (Å²) >= 11 is 0. The van der Waals surface area contributed by atoms with Gasteiger partial charge in [0.1, 0.15) is 0 Å². The van der Waals surface area contributed by atoms with Crippen LogP contribution in [0.3, 0.4) is 0 Å². The number of nitrogens with zero attached hydrogens (tertiary/aromatic N) is 1. The molecule has 0 aliphatic carbocycles. The topological polar surface area (TPSA) is 32.3 Å². The lowest BCUT2D eigenvalue weighted by molar-refractivity contribution is -0.140. The number of hydrogen-bond donors (Lipinski definition) is 1. The van der Waals surface area contributed by atoms with Crippen LogP contribution in [0.25, 0.3) is 0 Å². The minimum atomic E-state index is -0.241. The monoisotopic (exact) mass is 302 g/mol. The van der Waals surface area contributed by atoms with Crippen LogP contribution in [0, 0.1) is 11.3 Å². The van der Waals surface area contributed by atoms with Crippen molar-refractivity contribution in [3.63, 3.8) is 0 Å². The molecule has 118 valence electrons. The van der Waals surface area contributed by atoms with Crippen LogP contribution in [0.1, 0.15) is 59.8 Å². The van der Waals surface area contributed by atoms with Gasteiger partial charge in [-0.1, -0.05) is 27.7 Å². The first-order chi connectivity index (χ1) is 8.89. The Morgan fingerprint density at radius 3 is 2.30 bits per heavy atom. The van der Waals surface area contributed by atoms with Crippen molar-refractivity contribution in [1.82, 2.24) is 10.2 Å². The summed E-state index contributed by atoms with van der Waals surface area (Å²) in [5, 5.41) is 3.47. The molecule has 2 heterocycles. The molecule has 2 saturated heterocycles. The van der Waals surface area contributed by atoms with Crippen LogP contribution in [0.4, 0.5) is 0 Å². The standard InChI is InChI=1S/C16H30N2O.ClH/c1-5-16(9-6-10-17-16)14(19)18-11-7-13(8-12-18)15(2,3)4;/h13,17H,5-12H2,1-4H3;1H. The summed E-state index contributed by atoms with van der Waals surface area (Å²) < 4.78 is 0. The first-order valence-electron chi connectivity index (χ1n) is 7.93. The van der Waals surface area contributed by atoms with Gasteiger partial charge in [0.25, 0.3) is 0 Å². The quantitative estimate of drug-likeness (QED) is 0.849. The lowest BCUT2D eigenvalue weighted by Crippen LogP contribution is -2.56. The molecule has 0 aromatic rings. The smallest absolute Gasteiger partial charge is 0.242 e. The number of hydrogen-bond acceptors (Lipinski definition) is 2. The second-order valence-corrected chi connectivity index (χ2v) is 7.40. The van der Waals surface area contributed by atoms with E-state index in [0.29, 0.717) is 11.3 Å². The molecule has 1 N–H and O–H groups in total. The van der Waals surface area contributed by atoms with Gasteiger partial charge in [0, 0.05) is 13.1 Å². The maximum atomic E-state index is 12.8. The Morgan fingerprint density at radius 2 is 1.90 bits per heavy atom. The normalized spacial score (nSPS) is 28.3. The van der Waals surface area contributed by atoms with Crippen molar-refractivity contribution in [2.75, 3.05) is 19.6 Å². The van der Waals surface area contributed by atoms with Crippen LogP contribution in [0.5, 0.6) is 0 Å². The zero-order chi connectivity index (χ0) is 14.1. The molecule has 1 unspecified atom stereocenters. The summed E-state index contributed by atoms with van der Waals surface area (Å²) in [5.74, 6) is 1.12. The fourth-order valence-electron chi connectivity index (χ4n) is 3.69. The van der Waals surface area contributed by atoms with Gasteiger partial charge >= 0.3 is 0 Å². The van der Waals surface area contributed by atoms with Crippen molar-refractivity contribution in [2.24, 2.45) is 11.3 Å². The largest absolute Gasteiger partial charge is 0.341 e. The van der Waals surface area contributed by atoms with E-state index in [1.165, 1.54) is 0 Å². The fourth-order valence-corrected chi connectivity index (χ4v) is 3.69. The predicted molar refractivity (Wildman–Crippen MR) is 86.3 cm³/mol. The van der Waals surface area contributed by atoms with Gasteiger partial charge in [-0.05, 0) is 50.0 Å². The first-order valence-corrected chi connectivity index (χ1v) is 7.93. The number of rotatable bonds is 2. The molecule has 2 fully saturated rings. The Labute approximate surface area is 130 Å². The van der Waals surface area contributed by atoms with Gasteiger partial charge in [0.15, 0.2) is 0 Å². The van der Waals surface area contributed by atoms with Gasteiger partial charge in [-0.25, -0.2) is 0 Å². The van der Waals surface area contributed by atoms with E-state index < -0.39 is 0 Å². The maximum absolute atomic E-state index is 12.8. The Balaban J connectivity index is 0.00000200. The minimum absolute atomic E-state index is 0. The summed E-state index contributed by atoms with van der Waals surface area (Å²) in [6, 6.07) is 0. The van der Waals surface area contributed by atoms with Crippen molar-refractivity contribution < 1.29 is 4.79 Å². The number of amides is 1. The Kier molecular flexibility index (Phi) is 5.91. The van der Waals surface area contributed by atoms with E-state index in [2.05, 4.69) is 37.9 Å². The molecule has 0 aromatic heterocycles. The highest BCUT2D eigenvalue weighted by molar-refractivity contribution is 5.86. The lowest BCUT2D eigenvalue weighted by Gasteiger charge is -2.41. The second-order valence-electron chi connectivity index (χ2n) is 7.40. The van der Waals surface area contributed by atoms with Crippen LogP contribution >= 0.6 is 12.4 Å². The molecule has 0 bridgehead atoms. The van der Waals surface area contributed by atoms with Gasteiger partial charge in [-0.2, -0.15) is 0 Å². The number of halogens is 1. The summed E-state index contributed by atoms with van der Waals surface area (Å²) in [6.45, 7) is 12.0. The van der Waals surface area contributed by atoms with Crippen molar-refractivity contribution >= 4 is 18.3 Å². The molecular formula is C16H31ClN2O. The highest BCUT2D eigenvalue weighted by Gasteiger charge is 2.43. The number of nitrogens with one attached hydrogen (secondary N) is 1. The summed E-state index contributed by atoms with van der Waals surface area (Å²) in [4.78, 5) is 14.9. The molecule has 2 rings (SSSR count). The van der Waals surface area contributed by atoms with Gasteiger partial charge < -0.3 is 10.2 Å². The minimum Gasteiger partial charge on any atom is -0.341 e. The molecule has 0 saturated carbocycles. The Morgan fingerprint density at radius 1 is 1.30 bits per heavy atom. The number of carbonyl (C=O) groups excluding carboxylic acids is 1. The predicted octanol–water partition coefficient (Wildman–Crippen LogP) is 3.23. The van der Waals surface area contributed by atoms with E-state index in [1.807, 2.05) is 0 Å². The highest BCUT2D eigenvalue weighted by Crippen LogP contribution is 2.35. The Bertz CT molecular complexity index is 324. The molecule has 20 heavy (non-hydrogen) atoms. The summed E-state index contributed by atoms with van der Waals surface area (Å²) in [6.07, 6.45) is 5.40. The zero-order valence-electron chi connectivity index (χ0n) is 13.5. The highest BCUT2D eigenvalue weighted by atomic mass is 35.5. The van der Waals surface area contributed by atoms with Crippen LogP contribution in [-0.2, 0) is 4.79 Å².